The van der Waals surface area contributed by atoms with Crippen molar-refractivity contribution in [2.45, 2.75) is 25.3 Å². The molecule has 3 heterocycles. The first-order valence-corrected chi connectivity index (χ1v) is 9.71. The molecule has 7 nitrogen and oxygen atoms in total. The molecule has 2 saturated heterocycles. The number of methoxy groups -OCH3 is 1. The Morgan fingerprint density at radius 2 is 1.96 bits per heavy atom. The Morgan fingerprint density at radius 1 is 1.21 bits per heavy atom. The second-order valence-electron chi connectivity index (χ2n) is 7.84. The van der Waals surface area contributed by atoms with E-state index in [0.717, 1.165) is 31.8 Å². The SMILES string of the molecule is COc1ccc([C@H]2CN(C)[C@@H]3CCN(C(=O)c4cc(C)nc(N)n4)C[C@H]23)cc1. The number of aryl methyl sites for hydroxylation is 1. The summed E-state index contributed by atoms with van der Waals surface area (Å²) in [7, 11) is 3.87. The average molecular weight is 381 g/mol. The van der Waals surface area contributed by atoms with E-state index in [1.807, 2.05) is 24.0 Å². The summed E-state index contributed by atoms with van der Waals surface area (Å²) < 4.78 is 5.29. The second kappa shape index (κ2) is 7.39. The van der Waals surface area contributed by atoms with Gasteiger partial charge in [0.25, 0.3) is 5.91 Å². The third-order valence-corrected chi connectivity index (χ3v) is 6.11. The number of piperidine rings is 1. The molecular formula is C21H27N5O2. The van der Waals surface area contributed by atoms with Gasteiger partial charge in [0.2, 0.25) is 5.95 Å². The van der Waals surface area contributed by atoms with Crippen LogP contribution in [0.1, 0.15) is 34.1 Å². The highest BCUT2D eigenvalue weighted by molar-refractivity contribution is 5.92. The number of hydrogen-bond acceptors (Lipinski definition) is 6. The van der Waals surface area contributed by atoms with E-state index in [1.54, 1.807) is 13.2 Å². The number of likely N-dealkylation sites (tertiary alicyclic amines) is 2. The third kappa shape index (κ3) is 3.42. The van der Waals surface area contributed by atoms with E-state index < -0.39 is 0 Å². The second-order valence-corrected chi connectivity index (χ2v) is 7.84. The van der Waals surface area contributed by atoms with Crippen molar-refractivity contribution in [3.63, 3.8) is 0 Å². The van der Waals surface area contributed by atoms with Gasteiger partial charge in [0, 0.05) is 43.2 Å². The van der Waals surface area contributed by atoms with Crippen LogP contribution in [0.4, 0.5) is 5.95 Å². The number of nitrogens with zero attached hydrogens (tertiary/aromatic N) is 4. The van der Waals surface area contributed by atoms with E-state index in [-0.39, 0.29) is 11.9 Å². The standard InChI is InChI=1S/C21H27N5O2/c1-13-10-18(24-21(22)23-13)20(27)26-9-8-19-17(12-26)16(11-25(19)2)14-4-6-15(28-3)7-5-14/h4-7,10,16-17,19H,8-9,11-12H2,1-3H3,(H2,22,23,24)/t16-,17-,19-/m1/s1. The van der Waals surface area contributed by atoms with Gasteiger partial charge >= 0.3 is 0 Å². The maximum atomic E-state index is 13.1. The molecular weight excluding hydrogens is 354 g/mol. The molecule has 7 heteroatoms. The van der Waals surface area contributed by atoms with Crippen LogP contribution < -0.4 is 10.5 Å². The quantitative estimate of drug-likeness (QED) is 0.875. The lowest BCUT2D eigenvalue weighted by Crippen LogP contribution is -2.48. The zero-order valence-corrected chi connectivity index (χ0v) is 16.6. The molecule has 0 radical (unpaired) electrons. The number of benzene rings is 1. The maximum absolute atomic E-state index is 13.1. The lowest BCUT2D eigenvalue weighted by molar-refractivity contribution is 0.0602. The summed E-state index contributed by atoms with van der Waals surface area (Å²) in [6.07, 6.45) is 0.971. The number of aromatic nitrogens is 2. The minimum atomic E-state index is -0.0568. The number of amides is 1. The Hall–Kier alpha value is -2.67. The van der Waals surface area contributed by atoms with Crippen molar-refractivity contribution in [1.29, 1.82) is 0 Å². The van der Waals surface area contributed by atoms with Gasteiger partial charge in [-0.3, -0.25) is 4.79 Å². The zero-order chi connectivity index (χ0) is 19.8. The number of likely N-dealkylation sites (N-methyl/N-ethyl adjacent to an activating group) is 1. The molecule has 3 atom stereocenters. The average Bonchev–Trinajstić information content (AvgIpc) is 3.03. The number of carbonyl (C=O) groups excluding carboxylic acids is 1. The van der Waals surface area contributed by atoms with Crippen LogP contribution >= 0.6 is 0 Å². The third-order valence-electron chi connectivity index (χ3n) is 6.11. The lowest BCUT2D eigenvalue weighted by atomic mass is 9.81. The molecule has 4 rings (SSSR count). The van der Waals surface area contributed by atoms with Crippen molar-refractivity contribution in [3.05, 3.63) is 47.3 Å². The minimum absolute atomic E-state index is 0.0568. The van der Waals surface area contributed by atoms with Gasteiger partial charge in [0.1, 0.15) is 11.4 Å². The molecule has 28 heavy (non-hydrogen) atoms. The first kappa shape index (κ1) is 18.7. The molecule has 2 aromatic rings. The molecule has 1 amide bonds. The summed E-state index contributed by atoms with van der Waals surface area (Å²) in [4.78, 5) is 25.6. The van der Waals surface area contributed by atoms with Crippen LogP contribution in [-0.2, 0) is 0 Å². The van der Waals surface area contributed by atoms with Crippen molar-refractivity contribution in [1.82, 2.24) is 19.8 Å². The highest BCUT2D eigenvalue weighted by atomic mass is 16.5. The number of anilines is 1. The molecule has 0 saturated carbocycles. The van der Waals surface area contributed by atoms with Gasteiger partial charge in [-0.1, -0.05) is 12.1 Å². The number of nitrogen functional groups attached to an aromatic ring is 1. The molecule has 2 aliphatic rings. The van der Waals surface area contributed by atoms with Gasteiger partial charge < -0.3 is 20.3 Å². The van der Waals surface area contributed by atoms with Gasteiger partial charge in [-0.15, -0.1) is 0 Å². The summed E-state index contributed by atoms with van der Waals surface area (Å²) in [5.41, 5.74) is 8.14. The number of hydrogen-bond donors (Lipinski definition) is 1. The summed E-state index contributed by atoms with van der Waals surface area (Å²) in [6.45, 7) is 4.30. The fourth-order valence-electron chi connectivity index (χ4n) is 4.74. The molecule has 2 aliphatic heterocycles. The monoisotopic (exact) mass is 381 g/mol. The van der Waals surface area contributed by atoms with E-state index >= 15 is 0 Å². The Bertz CT molecular complexity index is 849. The number of carbonyl (C=O) groups is 1. The van der Waals surface area contributed by atoms with E-state index in [2.05, 4.69) is 34.0 Å². The molecule has 0 aliphatic carbocycles. The summed E-state index contributed by atoms with van der Waals surface area (Å²) in [5, 5.41) is 0. The summed E-state index contributed by atoms with van der Waals surface area (Å²) in [6, 6.07) is 10.5. The molecule has 0 unspecified atom stereocenters. The first-order valence-electron chi connectivity index (χ1n) is 9.71. The van der Waals surface area contributed by atoms with Crippen molar-refractivity contribution in [2.24, 2.45) is 5.92 Å². The number of nitrogens with two attached hydrogens (primary N) is 1. The normalized spacial score (nSPS) is 24.8. The molecule has 2 N–H and O–H groups in total. The van der Waals surface area contributed by atoms with Crippen LogP contribution in [0, 0.1) is 12.8 Å². The number of ether oxygens (including phenoxy) is 1. The minimum Gasteiger partial charge on any atom is -0.497 e. The van der Waals surface area contributed by atoms with Gasteiger partial charge in [0.15, 0.2) is 0 Å². The highest BCUT2D eigenvalue weighted by Crippen LogP contribution is 2.41. The van der Waals surface area contributed by atoms with Gasteiger partial charge in [-0.05, 0) is 44.2 Å². The fraction of sp³-hybridized carbons (Fsp3) is 0.476. The Balaban J connectivity index is 1.56. The smallest absolute Gasteiger partial charge is 0.272 e. The molecule has 1 aromatic carbocycles. The first-order chi connectivity index (χ1) is 13.5. The van der Waals surface area contributed by atoms with Crippen LogP contribution in [0.3, 0.4) is 0 Å². The van der Waals surface area contributed by atoms with Crippen molar-refractivity contribution < 1.29 is 9.53 Å². The van der Waals surface area contributed by atoms with E-state index in [1.165, 1.54) is 5.56 Å². The molecule has 2 fully saturated rings. The predicted octanol–water partition coefficient (Wildman–Crippen LogP) is 1.94. The van der Waals surface area contributed by atoms with Crippen LogP contribution in [0.5, 0.6) is 5.75 Å². The van der Waals surface area contributed by atoms with Gasteiger partial charge in [0.05, 0.1) is 7.11 Å². The van der Waals surface area contributed by atoms with E-state index in [4.69, 9.17) is 10.5 Å². The highest BCUT2D eigenvalue weighted by Gasteiger charge is 2.44. The maximum Gasteiger partial charge on any atom is 0.272 e. The van der Waals surface area contributed by atoms with Crippen molar-refractivity contribution >= 4 is 11.9 Å². The van der Waals surface area contributed by atoms with Crippen LogP contribution in [0.25, 0.3) is 0 Å². The topological polar surface area (TPSA) is 84.6 Å². The van der Waals surface area contributed by atoms with Crippen LogP contribution in [0.2, 0.25) is 0 Å². The van der Waals surface area contributed by atoms with E-state index in [0.29, 0.717) is 29.3 Å². The molecule has 0 spiro atoms. The molecule has 0 bridgehead atoms. The predicted molar refractivity (Wildman–Crippen MR) is 107 cm³/mol. The Morgan fingerprint density at radius 3 is 2.64 bits per heavy atom. The lowest BCUT2D eigenvalue weighted by Gasteiger charge is -2.38. The van der Waals surface area contributed by atoms with Crippen molar-refractivity contribution in [3.8, 4) is 5.75 Å². The van der Waals surface area contributed by atoms with Crippen LogP contribution in [0.15, 0.2) is 30.3 Å². The van der Waals surface area contributed by atoms with Gasteiger partial charge in [-0.2, -0.15) is 0 Å². The number of rotatable bonds is 3. The summed E-state index contributed by atoms with van der Waals surface area (Å²) >= 11 is 0. The summed E-state index contributed by atoms with van der Waals surface area (Å²) in [5.74, 6) is 1.75. The molecule has 148 valence electrons. The van der Waals surface area contributed by atoms with Gasteiger partial charge in [-0.25, -0.2) is 9.97 Å². The fourth-order valence-corrected chi connectivity index (χ4v) is 4.74. The van der Waals surface area contributed by atoms with E-state index in [9.17, 15) is 4.79 Å². The number of fused-ring (bicyclic) bond motifs is 1. The largest absolute Gasteiger partial charge is 0.497 e. The van der Waals surface area contributed by atoms with Crippen LogP contribution in [-0.4, -0.2) is 65.5 Å². The Kier molecular flexibility index (Phi) is 4.93. The zero-order valence-electron chi connectivity index (χ0n) is 16.6. The van der Waals surface area contributed by atoms with Crippen molar-refractivity contribution in [2.75, 3.05) is 39.5 Å². The molecule has 1 aromatic heterocycles. The Labute approximate surface area is 165 Å².